The average molecular weight is 261 g/mol. The molecule has 0 aliphatic carbocycles. The van der Waals surface area contributed by atoms with Gasteiger partial charge in [-0.25, -0.2) is 4.79 Å². The van der Waals surface area contributed by atoms with Crippen molar-refractivity contribution in [2.75, 3.05) is 20.3 Å². The number of benzene rings is 1. The Labute approximate surface area is 113 Å². The molecule has 1 saturated heterocycles. The van der Waals surface area contributed by atoms with Crippen LogP contribution in [0.25, 0.3) is 6.08 Å². The Morgan fingerprint density at radius 2 is 2.21 bits per heavy atom. The first kappa shape index (κ1) is 13.8. The van der Waals surface area contributed by atoms with Crippen LogP contribution in [0.15, 0.2) is 30.3 Å². The zero-order valence-corrected chi connectivity index (χ0v) is 11.1. The normalized spacial score (nSPS) is 19.4. The molecule has 0 saturated carbocycles. The second-order valence-corrected chi connectivity index (χ2v) is 4.85. The third-order valence-corrected chi connectivity index (χ3v) is 3.36. The number of carboxylic acid groups (broad SMARTS) is 1. The lowest BCUT2D eigenvalue weighted by Crippen LogP contribution is -2.31. The van der Waals surface area contributed by atoms with Gasteiger partial charge in [0, 0.05) is 25.3 Å². The fraction of sp³-hybridized carbons (Fsp3) is 0.400. The molecule has 4 nitrogen and oxygen atoms in total. The van der Waals surface area contributed by atoms with E-state index < -0.39 is 5.97 Å². The molecular formula is C15H19NO3. The molecular weight excluding hydrogens is 242 g/mol. The van der Waals surface area contributed by atoms with Crippen molar-refractivity contribution in [3.63, 3.8) is 0 Å². The van der Waals surface area contributed by atoms with Crippen molar-refractivity contribution in [3.05, 3.63) is 41.5 Å². The minimum Gasteiger partial charge on any atom is -0.478 e. The number of likely N-dealkylation sites (N-methyl/N-ethyl adjacent to an activating group) is 1. The maximum atomic E-state index is 10.4. The number of aliphatic carboxylic acids is 1. The highest BCUT2D eigenvalue weighted by atomic mass is 16.5. The first-order valence-electron chi connectivity index (χ1n) is 6.43. The number of carboxylic acids is 1. The lowest BCUT2D eigenvalue weighted by Gasteiger charge is -2.22. The van der Waals surface area contributed by atoms with Crippen LogP contribution in [0.3, 0.4) is 0 Å². The van der Waals surface area contributed by atoms with Crippen molar-refractivity contribution in [2.24, 2.45) is 0 Å². The average Bonchev–Trinajstić information content (AvgIpc) is 2.92. The van der Waals surface area contributed by atoms with Crippen LogP contribution < -0.4 is 0 Å². The molecule has 0 bridgehead atoms. The second-order valence-electron chi connectivity index (χ2n) is 4.85. The highest BCUT2D eigenvalue weighted by Crippen LogP contribution is 2.14. The molecule has 1 unspecified atom stereocenters. The molecule has 0 amide bonds. The van der Waals surface area contributed by atoms with Gasteiger partial charge in [-0.2, -0.15) is 0 Å². The minimum absolute atomic E-state index is 0.506. The zero-order valence-electron chi connectivity index (χ0n) is 11.1. The summed E-state index contributed by atoms with van der Waals surface area (Å²) in [5, 5.41) is 8.56. The summed E-state index contributed by atoms with van der Waals surface area (Å²) in [6, 6.07) is 8.45. The second kappa shape index (κ2) is 6.50. The summed E-state index contributed by atoms with van der Waals surface area (Å²) in [7, 11) is 2.11. The van der Waals surface area contributed by atoms with E-state index in [0.717, 1.165) is 37.8 Å². The Hall–Kier alpha value is -1.65. The topological polar surface area (TPSA) is 49.8 Å². The molecule has 19 heavy (non-hydrogen) atoms. The lowest BCUT2D eigenvalue weighted by molar-refractivity contribution is -0.131. The van der Waals surface area contributed by atoms with Gasteiger partial charge in [-0.3, -0.25) is 4.90 Å². The van der Waals surface area contributed by atoms with Gasteiger partial charge in [0.2, 0.25) is 0 Å². The predicted octanol–water partition coefficient (Wildman–Crippen LogP) is 2.01. The van der Waals surface area contributed by atoms with E-state index in [1.54, 1.807) is 6.08 Å². The van der Waals surface area contributed by atoms with Crippen molar-refractivity contribution >= 4 is 12.0 Å². The van der Waals surface area contributed by atoms with Gasteiger partial charge in [0.05, 0.1) is 6.61 Å². The molecule has 1 fully saturated rings. The van der Waals surface area contributed by atoms with Crippen molar-refractivity contribution < 1.29 is 14.6 Å². The molecule has 4 heteroatoms. The van der Waals surface area contributed by atoms with Crippen LogP contribution in [0.4, 0.5) is 0 Å². The van der Waals surface area contributed by atoms with E-state index in [9.17, 15) is 4.79 Å². The monoisotopic (exact) mass is 261 g/mol. The smallest absolute Gasteiger partial charge is 0.328 e. The number of ether oxygens (including phenoxy) is 1. The number of nitrogens with zero attached hydrogens (tertiary/aromatic N) is 1. The van der Waals surface area contributed by atoms with Crippen LogP contribution in [0, 0.1) is 0 Å². The standard InChI is InChI=1S/C15H19NO3/c1-16(14-8-9-19-11-14)10-13-4-2-12(3-5-13)6-7-15(17)18/h2-7,14H,8-11H2,1H3,(H,17,18)/b7-6+. The quantitative estimate of drug-likeness (QED) is 0.824. The van der Waals surface area contributed by atoms with Gasteiger partial charge in [0.1, 0.15) is 0 Å². The molecule has 1 atom stereocenters. The number of carbonyl (C=O) groups is 1. The third kappa shape index (κ3) is 4.19. The Balaban J connectivity index is 1.92. The molecule has 0 aromatic heterocycles. The van der Waals surface area contributed by atoms with Gasteiger partial charge in [0.15, 0.2) is 0 Å². The van der Waals surface area contributed by atoms with Gasteiger partial charge in [-0.15, -0.1) is 0 Å². The van der Waals surface area contributed by atoms with E-state index in [2.05, 4.69) is 11.9 Å². The fourth-order valence-corrected chi connectivity index (χ4v) is 2.19. The molecule has 1 aliphatic heterocycles. The number of hydrogen-bond acceptors (Lipinski definition) is 3. The minimum atomic E-state index is -0.926. The molecule has 1 N–H and O–H groups in total. The largest absolute Gasteiger partial charge is 0.478 e. The SMILES string of the molecule is CN(Cc1ccc(/C=C/C(=O)O)cc1)C1CCOC1. The van der Waals surface area contributed by atoms with Crippen molar-refractivity contribution in [2.45, 2.75) is 19.0 Å². The summed E-state index contributed by atoms with van der Waals surface area (Å²) < 4.78 is 5.38. The Morgan fingerprint density at radius 3 is 2.79 bits per heavy atom. The van der Waals surface area contributed by atoms with Gasteiger partial charge in [-0.05, 0) is 30.7 Å². The molecule has 2 rings (SSSR count). The molecule has 1 heterocycles. The van der Waals surface area contributed by atoms with E-state index in [1.807, 2.05) is 24.3 Å². The van der Waals surface area contributed by atoms with E-state index in [4.69, 9.17) is 9.84 Å². The van der Waals surface area contributed by atoms with E-state index in [-0.39, 0.29) is 0 Å². The molecule has 1 aromatic rings. The van der Waals surface area contributed by atoms with Crippen molar-refractivity contribution in [3.8, 4) is 0 Å². The van der Waals surface area contributed by atoms with Gasteiger partial charge in [0.25, 0.3) is 0 Å². The first-order valence-corrected chi connectivity index (χ1v) is 6.43. The van der Waals surface area contributed by atoms with Gasteiger partial charge in [-0.1, -0.05) is 24.3 Å². The molecule has 0 spiro atoms. The molecule has 0 radical (unpaired) electrons. The lowest BCUT2D eigenvalue weighted by atomic mass is 10.1. The van der Waals surface area contributed by atoms with E-state index in [0.29, 0.717) is 6.04 Å². The summed E-state index contributed by atoms with van der Waals surface area (Å²) in [6.07, 6.45) is 3.84. The summed E-state index contributed by atoms with van der Waals surface area (Å²) >= 11 is 0. The van der Waals surface area contributed by atoms with E-state index >= 15 is 0 Å². The highest BCUT2D eigenvalue weighted by molar-refractivity contribution is 5.85. The van der Waals surface area contributed by atoms with Crippen LogP contribution in [0.5, 0.6) is 0 Å². The fourth-order valence-electron chi connectivity index (χ4n) is 2.19. The van der Waals surface area contributed by atoms with Crippen LogP contribution in [0.2, 0.25) is 0 Å². The first-order chi connectivity index (χ1) is 9.15. The molecule has 1 aliphatic rings. The summed E-state index contributed by atoms with van der Waals surface area (Å²) in [5.74, 6) is -0.926. The van der Waals surface area contributed by atoms with Crippen molar-refractivity contribution in [1.82, 2.24) is 4.90 Å². The Bertz CT molecular complexity index is 447. The predicted molar refractivity (Wildman–Crippen MR) is 73.8 cm³/mol. The van der Waals surface area contributed by atoms with E-state index in [1.165, 1.54) is 5.56 Å². The molecule has 102 valence electrons. The maximum Gasteiger partial charge on any atom is 0.328 e. The highest BCUT2D eigenvalue weighted by Gasteiger charge is 2.19. The van der Waals surface area contributed by atoms with Gasteiger partial charge < -0.3 is 9.84 Å². The maximum absolute atomic E-state index is 10.4. The van der Waals surface area contributed by atoms with Gasteiger partial charge >= 0.3 is 5.97 Å². The summed E-state index contributed by atoms with van der Waals surface area (Å²) in [5.41, 5.74) is 2.12. The van der Waals surface area contributed by atoms with Crippen LogP contribution in [-0.4, -0.2) is 42.3 Å². The van der Waals surface area contributed by atoms with Crippen LogP contribution in [-0.2, 0) is 16.1 Å². The number of hydrogen-bond donors (Lipinski definition) is 1. The Morgan fingerprint density at radius 1 is 1.47 bits per heavy atom. The number of rotatable bonds is 5. The van der Waals surface area contributed by atoms with Crippen LogP contribution >= 0.6 is 0 Å². The third-order valence-electron chi connectivity index (χ3n) is 3.36. The zero-order chi connectivity index (χ0) is 13.7. The Kier molecular flexibility index (Phi) is 4.71. The molecule has 1 aromatic carbocycles. The van der Waals surface area contributed by atoms with Crippen molar-refractivity contribution in [1.29, 1.82) is 0 Å². The summed E-state index contributed by atoms with van der Waals surface area (Å²) in [6.45, 7) is 2.56. The summed E-state index contributed by atoms with van der Waals surface area (Å²) in [4.78, 5) is 12.7. The van der Waals surface area contributed by atoms with Crippen LogP contribution in [0.1, 0.15) is 17.5 Å².